The molecule has 2 rings (SSSR count). The lowest BCUT2D eigenvalue weighted by atomic mass is 10.3. The monoisotopic (exact) mass is 189 g/mol. The molecule has 0 N–H and O–H groups in total. The third-order valence-electron chi connectivity index (χ3n) is 1.75. The maximum Gasteiger partial charge on any atom is 0.347 e. The highest BCUT2D eigenvalue weighted by Gasteiger charge is 2.01. The molecule has 0 aliphatic carbocycles. The van der Waals surface area contributed by atoms with Crippen molar-refractivity contribution in [2.24, 2.45) is 6.98 Å². The van der Waals surface area contributed by atoms with Crippen LogP contribution < -0.4 is 5.69 Å². The zero-order valence-corrected chi connectivity index (χ0v) is 6.93. The van der Waals surface area contributed by atoms with E-state index in [4.69, 9.17) is 9.37 Å². The maximum absolute atomic E-state index is 11.4. The van der Waals surface area contributed by atoms with Crippen molar-refractivity contribution in [2.45, 2.75) is 0 Å². The fourth-order valence-corrected chi connectivity index (χ4v) is 1.09. The van der Waals surface area contributed by atoms with Gasteiger partial charge in [0.2, 0.25) is 0 Å². The maximum atomic E-state index is 11.4. The molecule has 2 heterocycles. The number of fused-ring (bicyclic) bond motifs is 1. The lowest BCUT2D eigenvalue weighted by Gasteiger charge is -2.01. The lowest BCUT2D eigenvalue weighted by Crippen LogP contribution is -2.19. The Kier molecular flexibility index (Phi) is 1.15. The van der Waals surface area contributed by atoms with Crippen LogP contribution in [0.3, 0.4) is 0 Å². The number of nitrogens with zero attached hydrogens (tertiary/aromatic N) is 4. The van der Waals surface area contributed by atoms with E-state index >= 15 is 0 Å². The average molecular weight is 189 g/mol. The molecule has 0 bridgehead atoms. The lowest BCUT2D eigenvalue weighted by molar-refractivity contribution is 0.849. The van der Waals surface area contributed by atoms with E-state index < -0.39 is 12.7 Å². The Morgan fingerprint density at radius 3 is 3.21 bits per heavy atom. The Labute approximate surface area is 83.5 Å². The van der Waals surface area contributed by atoms with Crippen molar-refractivity contribution in [1.29, 1.82) is 5.26 Å². The van der Waals surface area contributed by atoms with Gasteiger partial charge in [0.25, 0.3) is 0 Å². The van der Waals surface area contributed by atoms with E-state index in [9.17, 15) is 4.79 Å². The van der Waals surface area contributed by atoms with Crippen molar-refractivity contribution in [3.8, 4) is 6.07 Å². The standard InChI is InChI=1S/C9H6N4O/c1-13-8-3-2-6(4-10)12-7(8)5-11-9(13)14/h2-3,5H,1H3/i1D3. The normalized spacial score (nSPS) is 14.1. The molecular formula is C9H6N4O. The summed E-state index contributed by atoms with van der Waals surface area (Å²) in [5, 5.41) is 8.67. The molecule has 0 aliphatic rings. The van der Waals surface area contributed by atoms with Crippen molar-refractivity contribution in [1.82, 2.24) is 14.5 Å². The van der Waals surface area contributed by atoms with Crippen LogP contribution >= 0.6 is 0 Å². The summed E-state index contributed by atoms with van der Waals surface area (Å²) in [4.78, 5) is 18.7. The predicted molar refractivity (Wildman–Crippen MR) is 49.5 cm³/mol. The van der Waals surface area contributed by atoms with E-state index in [0.29, 0.717) is 4.57 Å². The van der Waals surface area contributed by atoms with Crippen LogP contribution in [0.15, 0.2) is 23.1 Å². The molecule has 0 radical (unpaired) electrons. The average Bonchev–Trinajstić information content (AvgIpc) is 2.26. The summed E-state index contributed by atoms with van der Waals surface area (Å²) >= 11 is 0. The van der Waals surface area contributed by atoms with Gasteiger partial charge < -0.3 is 0 Å². The van der Waals surface area contributed by atoms with E-state index in [1.165, 1.54) is 12.1 Å². The number of aryl methyl sites for hydroxylation is 1. The third kappa shape index (κ3) is 1.13. The summed E-state index contributed by atoms with van der Waals surface area (Å²) in [5.74, 6) is 0. The molecule has 0 fully saturated rings. The Morgan fingerprint density at radius 1 is 1.64 bits per heavy atom. The van der Waals surface area contributed by atoms with Crippen molar-refractivity contribution in [3.63, 3.8) is 0 Å². The number of pyridine rings is 1. The van der Waals surface area contributed by atoms with Crippen LogP contribution in [-0.2, 0) is 6.98 Å². The molecule has 0 unspecified atom stereocenters. The van der Waals surface area contributed by atoms with E-state index in [1.807, 2.05) is 6.07 Å². The van der Waals surface area contributed by atoms with Gasteiger partial charge in [0, 0.05) is 11.1 Å². The van der Waals surface area contributed by atoms with Crippen molar-refractivity contribution in [3.05, 3.63) is 34.5 Å². The largest absolute Gasteiger partial charge is 0.347 e. The summed E-state index contributed by atoms with van der Waals surface area (Å²) in [6.07, 6.45) is 1.15. The highest BCUT2D eigenvalue weighted by Crippen LogP contribution is 2.07. The summed E-state index contributed by atoms with van der Waals surface area (Å²) in [5.41, 5.74) is -0.414. The smallest absolute Gasteiger partial charge is 0.293 e. The highest BCUT2D eigenvalue weighted by molar-refractivity contribution is 5.73. The van der Waals surface area contributed by atoms with Crippen LogP contribution in [0.25, 0.3) is 11.0 Å². The zero-order chi connectivity index (χ0) is 12.6. The summed E-state index contributed by atoms with van der Waals surface area (Å²) in [6.45, 7) is -2.63. The van der Waals surface area contributed by atoms with Gasteiger partial charge in [-0.1, -0.05) is 0 Å². The van der Waals surface area contributed by atoms with Gasteiger partial charge in [-0.2, -0.15) is 10.2 Å². The van der Waals surface area contributed by atoms with Crippen molar-refractivity contribution in [2.75, 3.05) is 0 Å². The van der Waals surface area contributed by atoms with Crippen LogP contribution in [-0.4, -0.2) is 14.5 Å². The van der Waals surface area contributed by atoms with E-state index in [0.717, 1.165) is 6.20 Å². The SMILES string of the molecule is [2H]C([2H])([2H])n1c(=O)ncc2nc(C#N)ccc21. The van der Waals surface area contributed by atoms with Gasteiger partial charge in [0.05, 0.1) is 11.7 Å². The van der Waals surface area contributed by atoms with Crippen LogP contribution in [0.2, 0.25) is 0 Å². The molecule has 0 atom stereocenters. The molecule has 5 heteroatoms. The van der Waals surface area contributed by atoms with Gasteiger partial charge in [-0.15, -0.1) is 0 Å². The highest BCUT2D eigenvalue weighted by atomic mass is 16.1. The second-order valence-electron chi connectivity index (χ2n) is 2.59. The molecule has 0 saturated heterocycles. The molecule has 0 aromatic carbocycles. The fraction of sp³-hybridized carbons (Fsp3) is 0.111. The number of nitriles is 1. The third-order valence-corrected chi connectivity index (χ3v) is 1.75. The van der Waals surface area contributed by atoms with Gasteiger partial charge >= 0.3 is 5.69 Å². The summed E-state index contributed by atoms with van der Waals surface area (Å²) in [6, 6.07) is 4.55. The van der Waals surface area contributed by atoms with Crippen LogP contribution in [0.4, 0.5) is 0 Å². The Bertz CT molecular complexity index is 683. The Morgan fingerprint density at radius 2 is 2.50 bits per heavy atom. The Hall–Kier alpha value is -2.22. The summed E-state index contributed by atoms with van der Waals surface area (Å²) in [7, 11) is 0. The predicted octanol–water partition coefficient (Wildman–Crippen LogP) is 0.200. The van der Waals surface area contributed by atoms with E-state index in [-0.39, 0.29) is 16.7 Å². The van der Waals surface area contributed by atoms with Crippen molar-refractivity contribution < 1.29 is 4.11 Å². The molecular weight excluding hydrogens is 180 g/mol. The van der Waals surface area contributed by atoms with Gasteiger partial charge in [-0.25, -0.2) is 9.78 Å². The molecule has 0 aliphatic heterocycles. The fourth-order valence-electron chi connectivity index (χ4n) is 1.09. The Balaban J connectivity index is 2.89. The van der Waals surface area contributed by atoms with Gasteiger partial charge in [0.15, 0.2) is 0 Å². The first kappa shape index (κ1) is 5.50. The van der Waals surface area contributed by atoms with Crippen LogP contribution in [0.1, 0.15) is 9.81 Å². The molecule has 68 valence electrons. The first-order valence-electron chi connectivity index (χ1n) is 5.23. The second kappa shape index (κ2) is 2.92. The number of rotatable bonds is 0. The molecule has 5 nitrogen and oxygen atoms in total. The van der Waals surface area contributed by atoms with E-state index in [1.54, 1.807) is 0 Å². The molecule has 2 aromatic heterocycles. The quantitative estimate of drug-likeness (QED) is 0.593. The van der Waals surface area contributed by atoms with Gasteiger partial charge in [-0.05, 0) is 12.1 Å². The summed E-state index contributed by atoms with van der Waals surface area (Å²) < 4.78 is 22.4. The topological polar surface area (TPSA) is 71.6 Å². The molecule has 2 aromatic rings. The minimum Gasteiger partial charge on any atom is -0.293 e. The van der Waals surface area contributed by atoms with E-state index in [2.05, 4.69) is 9.97 Å². The minimum absolute atomic E-state index is 0.129. The molecule has 0 spiro atoms. The number of aromatic nitrogens is 3. The van der Waals surface area contributed by atoms with Crippen LogP contribution in [0.5, 0.6) is 0 Å². The second-order valence-corrected chi connectivity index (χ2v) is 2.59. The first-order valence-corrected chi connectivity index (χ1v) is 3.73. The van der Waals surface area contributed by atoms with Crippen LogP contribution in [0, 0.1) is 11.3 Å². The number of hydrogen-bond acceptors (Lipinski definition) is 4. The molecule has 0 amide bonds. The zero-order valence-electron chi connectivity index (χ0n) is 9.93. The van der Waals surface area contributed by atoms with Crippen molar-refractivity contribution >= 4 is 11.0 Å². The molecule has 14 heavy (non-hydrogen) atoms. The minimum atomic E-state index is -2.63. The number of hydrogen-bond donors (Lipinski definition) is 0. The van der Waals surface area contributed by atoms with Gasteiger partial charge in [0.1, 0.15) is 17.3 Å². The van der Waals surface area contributed by atoms with Gasteiger partial charge in [-0.3, -0.25) is 4.57 Å². The first-order chi connectivity index (χ1) is 7.93. The molecule has 0 saturated carbocycles.